The van der Waals surface area contributed by atoms with E-state index in [4.69, 9.17) is 5.73 Å². The molecular weight excluding hydrogens is 276 g/mol. The molecule has 1 fully saturated rings. The number of carbonyl (C=O) groups excluding carboxylic acids is 1. The van der Waals surface area contributed by atoms with Crippen molar-refractivity contribution in [3.8, 4) is 0 Å². The van der Waals surface area contributed by atoms with Crippen LogP contribution in [-0.4, -0.2) is 18.3 Å². The van der Waals surface area contributed by atoms with Crippen LogP contribution in [0.25, 0.3) is 0 Å². The van der Waals surface area contributed by atoms with Crippen molar-refractivity contribution in [1.29, 1.82) is 0 Å². The first-order valence-electron chi connectivity index (χ1n) is 7.51. The SMILES string of the molecule is NC1NC2=CC=CCC2CC1C(=O)N/N=C/c1ccccc1. The zero-order valence-electron chi connectivity index (χ0n) is 12.3. The van der Waals surface area contributed by atoms with Crippen molar-refractivity contribution in [3.05, 3.63) is 59.8 Å². The highest BCUT2D eigenvalue weighted by molar-refractivity contribution is 5.83. The summed E-state index contributed by atoms with van der Waals surface area (Å²) in [6.45, 7) is 0. The highest BCUT2D eigenvalue weighted by Gasteiger charge is 2.35. The summed E-state index contributed by atoms with van der Waals surface area (Å²) in [6, 6.07) is 9.64. The Bertz CT molecular complexity index is 621. The van der Waals surface area contributed by atoms with Crippen LogP contribution in [0, 0.1) is 11.8 Å². The van der Waals surface area contributed by atoms with E-state index < -0.39 is 0 Å². The molecule has 2 aliphatic rings. The third-order valence-electron chi connectivity index (χ3n) is 4.10. The van der Waals surface area contributed by atoms with Crippen LogP contribution < -0.4 is 16.5 Å². The maximum absolute atomic E-state index is 12.3. The Morgan fingerprint density at radius 3 is 3.00 bits per heavy atom. The molecule has 1 aromatic carbocycles. The quantitative estimate of drug-likeness (QED) is 0.584. The van der Waals surface area contributed by atoms with Crippen molar-refractivity contribution in [2.75, 3.05) is 0 Å². The highest BCUT2D eigenvalue weighted by Crippen LogP contribution is 2.31. The lowest BCUT2D eigenvalue weighted by Crippen LogP contribution is -2.54. The molecule has 22 heavy (non-hydrogen) atoms. The van der Waals surface area contributed by atoms with Gasteiger partial charge in [-0.05, 0) is 24.5 Å². The number of hydrazone groups is 1. The fourth-order valence-electron chi connectivity index (χ4n) is 2.88. The number of nitrogens with one attached hydrogen (secondary N) is 2. The van der Waals surface area contributed by atoms with Crippen LogP contribution in [0.5, 0.6) is 0 Å². The Hall–Kier alpha value is -2.40. The second-order valence-electron chi connectivity index (χ2n) is 5.64. The summed E-state index contributed by atoms with van der Waals surface area (Å²) >= 11 is 0. The predicted molar refractivity (Wildman–Crippen MR) is 86.7 cm³/mol. The van der Waals surface area contributed by atoms with Gasteiger partial charge in [0.25, 0.3) is 0 Å². The van der Waals surface area contributed by atoms with E-state index in [0.29, 0.717) is 5.92 Å². The fraction of sp³-hybridized carbons (Fsp3) is 0.294. The molecule has 1 aliphatic heterocycles. The lowest BCUT2D eigenvalue weighted by molar-refractivity contribution is -0.126. The molecule has 3 rings (SSSR count). The number of rotatable bonds is 3. The van der Waals surface area contributed by atoms with E-state index >= 15 is 0 Å². The number of carbonyl (C=O) groups is 1. The minimum atomic E-state index is -0.374. The van der Waals surface area contributed by atoms with Crippen LogP contribution in [0.1, 0.15) is 18.4 Å². The van der Waals surface area contributed by atoms with Crippen LogP contribution in [-0.2, 0) is 4.79 Å². The molecule has 0 saturated carbocycles. The number of nitrogens with two attached hydrogens (primary N) is 1. The molecule has 0 bridgehead atoms. The van der Waals surface area contributed by atoms with Gasteiger partial charge in [-0.15, -0.1) is 0 Å². The van der Waals surface area contributed by atoms with E-state index in [1.807, 2.05) is 42.5 Å². The first-order chi connectivity index (χ1) is 10.7. The largest absolute Gasteiger partial charge is 0.372 e. The number of allylic oxidation sites excluding steroid dienone is 4. The van der Waals surface area contributed by atoms with Gasteiger partial charge in [0.15, 0.2) is 0 Å². The van der Waals surface area contributed by atoms with Gasteiger partial charge in [-0.2, -0.15) is 5.10 Å². The summed E-state index contributed by atoms with van der Waals surface area (Å²) in [7, 11) is 0. The van der Waals surface area contributed by atoms with Gasteiger partial charge in [-0.25, -0.2) is 5.43 Å². The summed E-state index contributed by atoms with van der Waals surface area (Å²) in [6.07, 6.45) is 9.13. The zero-order chi connectivity index (χ0) is 15.4. The third-order valence-corrected chi connectivity index (χ3v) is 4.10. The molecule has 3 atom stereocenters. The molecule has 1 heterocycles. The fourth-order valence-corrected chi connectivity index (χ4v) is 2.88. The predicted octanol–water partition coefficient (Wildman–Crippen LogP) is 1.49. The summed E-state index contributed by atoms with van der Waals surface area (Å²) in [5, 5.41) is 7.25. The smallest absolute Gasteiger partial charge is 0.246 e. The van der Waals surface area contributed by atoms with Gasteiger partial charge in [-0.3, -0.25) is 4.79 Å². The number of hydrogen-bond acceptors (Lipinski definition) is 4. The van der Waals surface area contributed by atoms with Crippen LogP contribution in [0.3, 0.4) is 0 Å². The minimum absolute atomic E-state index is 0.138. The Morgan fingerprint density at radius 1 is 1.36 bits per heavy atom. The van der Waals surface area contributed by atoms with Crippen molar-refractivity contribution < 1.29 is 4.79 Å². The Kier molecular flexibility index (Phi) is 4.34. The summed E-state index contributed by atoms with van der Waals surface area (Å²) in [5.74, 6) is -0.0685. The van der Waals surface area contributed by atoms with Gasteiger partial charge in [0.05, 0.1) is 18.3 Å². The average molecular weight is 296 g/mol. The van der Waals surface area contributed by atoms with Crippen LogP contribution in [0.15, 0.2) is 59.4 Å². The van der Waals surface area contributed by atoms with Crippen LogP contribution in [0.4, 0.5) is 0 Å². The molecule has 0 radical (unpaired) electrons. The molecule has 5 nitrogen and oxygen atoms in total. The number of hydrogen-bond donors (Lipinski definition) is 3. The van der Waals surface area contributed by atoms with Crippen molar-refractivity contribution in [3.63, 3.8) is 0 Å². The van der Waals surface area contributed by atoms with Gasteiger partial charge in [0, 0.05) is 11.6 Å². The molecule has 0 aromatic heterocycles. The van der Waals surface area contributed by atoms with E-state index in [-0.39, 0.29) is 18.0 Å². The van der Waals surface area contributed by atoms with Crippen molar-refractivity contribution in [1.82, 2.24) is 10.7 Å². The van der Waals surface area contributed by atoms with E-state index in [2.05, 4.69) is 21.9 Å². The van der Waals surface area contributed by atoms with Gasteiger partial charge < -0.3 is 11.1 Å². The van der Waals surface area contributed by atoms with Crippen molar-refractivity contribution in [2.45, 2.75) is 19.0 Å². The molecule has 1 aliphatic carbocycles. The number of benzene rings is 1. The molecule has 3 unspecified atom stereocenters. The minimum Gasteiger partial charge on any atom is -0.372 e. The maximum Gasteiger partial charge on any atom is 0.246 e. The summed E-state index contributed by atoms with van der Waals surface area (Å²) in [5.41, 5.74) is 10.8. The molecule has 0 spiro atoms. The molecule has 5 heteroatoms. The second-order valence-corrected chi connectivity index (χ2v) is 5.64. The van der Waals surface area contributed by atoms with Crippen molar-refractivity contribution >= 4 is 12.1 Å². The van der Waals surface area contributed by atoms with Gasteiger partial charge in [0.2, 0.25) is 5.91 Å². The molecule has 1 aromatic rings. The second kappa shape index (κ2) is 6.58. The Balaban J connectivity index is 1.59. The summed E-state index contributed by atoms with van der Waals surface area (Å²) in [4.78, 5) is 12.3. The first-order valence-corrected chi connectivity index (χ1v) is 7.51. The zero-order valence-corrected chi connectivity index (χ0v) is 12.3. The topological polar surface area (TPSA) is 79.5 Å². The average Bonchev–Trinajstić information content (AvgIpc) is 2.55. The highest BCUT2D eigenvalue weighted by atomic mass is 16.2. The Morgan fingerprint density at radius 2 is 2.18 bits per heavy atom. The lowest BCUT2D eigenvalue weighted by Gasteiger charge is -2.37. The van der Waals surface area contributed by atoms with Gasteiger partial charge >= 0.3 is 0 Å². The van der Waals surface area contributed by atoms with E-state index in [0.717, 1.165) is 24.1 Å². The number of piperidine rings is 1. The molecule has 4 N–H and O–H groups in total. The number of amides is 1. The van der Waals surface area contributed by atoms with Crippen LogP contribution in [0.2, 0.25) is 0 Å². The molecule has 1 amide bonds. The maximum atomic E-state index is 12.3. The standard InChI is InChI=1S/C17H20N4O/c18-16-14(10-13-8-4-5-9-15(13)20-16)17(22)21-19-11-12-6-2-1-3-7-12/h1-7,9,11,13-14,16,20H,8,10,18H2,(H,21,22)/b19-11+. The Labute approximate surface area is 130 Å². The van der Waals surface area contributed by atoms with E-state index in [1.54, 1.807) is 6.21 Å². The number of nitrogens with zero attached hydrogens (tertiary/aromatic N) is 1. The van der Waals surface area contributed by atoms with Gasteiger partial charge in [-0.1, -0.05) is 42.5 Å². The van der Waals surface area contributed by atoms with Crippen molar-refractivity contribution in [2.24, 2.45) is 22.7 Å². The monoisotopic (exact) mass is 296 g/mol. The van der Waals surface area contributed by atoms with E-state index in [9.17, 15) is 4.79 Å². The normalized spacial score (nSPS) is 27.0. The summed E-state index contributed by atoms with van der Waals surface area (Å²) < 4.78 is 0. The molecule has 1 saturated heterocycles. The lowest BCUT2D eigenvalue weighted by atomic mass is 9.81. The molecular formula is C17H20N4O. The van der Waals surface area contributed by atoms with Crippen LogP contribution >= 0.6 is 0 Å². The van der Waals surface area contributed by atoms with E-state index in [1.165, 1.54) is 0 Å². The third kappa shape index (κ3) is 3.26. The first kappa shape index (κ1) is 14.5. The van der Waals surface area contributed by atoms with Gasteiger partial charge in [0.1, 0.15) is 0 Å². The molecule has 114 valence electrons. The number of fused-ring (bicyclic) bond motifs is 1.